The fourth-order valence-electron chi connectivity index (χ4n) is 3.12. The van der Waals surface area contributed by atoms with Crippen molar-refractivity contribution in [3.8, 4) is 0 Å². The Morgan fingerprint density at radius 1 is 1.16 bits per heavy atom. The molecular weight excluding hydrogens is 251 g/mol. The number of alkyl halides is 3. The van der Waals surface area contributed by atoms with Gasteiger partial charge in [-0.3, -0.25) is 0 Å². The zero-order chi connectivity index (χ0) is 14.3. The molecule has 1 aliphatic carbocycles. The van der Waals surface area contributed by atoms with Gasteiger partial charge in [0, 0.05) is 18.5 Å². The topological polar surface area (TPSA) is 12.0 Å². The second-order valence-corrected chi connectivity index (χ2v) is 6.08. The lowest BCUT2D eigenvalue weighted by Crippen LogP contribution is -2.39. The summed E-state index contributed by atoms with van der Waals surface area (Å²) in [5.41, 5.74) is 0. The number of hydrogen-bond donors (Lipinski definition) is 1. The molecule has 1 nitrogen and oxygen atoms in total. The highest BCUT2D eigenvalue weighted by Gasteiger charge is 2.27. The smallest absolute Gasteiger partial charge is 0.312 e. The number of rotatable bonds is 7. The van der Waals surface area contributed by atoms with Gasteiger partial charge in [-0.25, -0.2) is 0 Å². The van der Waals surface area contributed by atoms with Gasteiger partial charge in [-0.15, -0.1) is 0 Å². The van der Waals surface area contributed by atoms with Crippen LogP contribution in [0.2, 0.25) is 0 Å². The van der Waals surface area contributed by atoms with Crippen molar-refractivity contribution in [3.63, 3.8) is 0 Å². The third-order valence-electron chi connectivity index (χ3n) is 4.16. The van der Waals surface area contributed by atoms with Crippen LogP contribution in [0.3, 0.4) is 0 Å². The van der Waals surface area contributed by atoms with Crippen molar-refractivity contribution >= 4 is 0 Å². The predicted octanol–water partition coefficient (Wildman–Crippen LogP) is 5.06. The van der Waals surface area contributed by atoms with E-state index in [2.05, 4.69) is 12.2 Å². The molecule has 1 atom stereocenters. The SMILES string of the molecule is CCCC1CCC(NC(C)CCCC(F)(F)F)CC1. The van der Waals surface area contributed by atoms with Gasteiger partial charge in [-0.05, 0) is 51.4 Å². The molecule has 0 heterocycles. The van der Waals surface area contributed by atoms with Crippen LogP contribution in [0.4, 0.5) is 13.2 Å². The molecule has 0 aromatic rings. The van der Waals surface area contributed by atoms with Gasteiger partial charge >= 0.3 is 6.18 Å². The summed E-state index contributed by atoms with van der Waals surface area (Å²) in [6.07, 6.45) is 3.73. The summed E-state index contributed by atoms with van der Waals surface area (Å²) < 4.78 is 36.2. The molecule has 1 aliphatic rings. The van der Waals surface area contributed by atoms with E-state index in [1.165, 1.54) is 38.5 Å². The van der Waals surface area contributed by atoms with Crippen LogP contribution in [0.5, 0.6) is 0 Å². The normalized spacial score (nSPS) is 26.4. The minimum absolute atomic E-state index is 0.204. The molecule has 1 saturated carbocycles. The van der Waals surface area contributed by atoms with E-state index in [0.29, 0.717) is 12.5 Å². The molecule has 1 fully saturated rings. The van der Waals surface area contributed by atoms with Crippen LogP contribution < -0.4 is 5.32 Å². The molecule has 0 amide bonds. The Labute approximate surface area is 115 Å². The van der Waals surface area contributed by atoms with E-state index in [4.69, 9.17) is 0 Å². The van der Waals surface area contributed by atoms with Crippen molar-refractivity contribution < 1.29 is 13.2 Å². The maximum atomic E-state index is 12.1. The molecule has 0 aromatic heterocycles. The molecule has 4 heteroatoms. The molecular formula is C15H28F3N. The van der Waals surface area contributed by atoms with Gasteiger partial charge in [-0.1, -0.05) is 19.8 Å². The van der Waals surface area contributed by atoms with Gasteiger partial charge in [0.25, 0.3) is 0 Å². The minimum Gasteiger partial charge on any atom is -0.312 e. The van der Waals surface area contributed by atoms with E-state index in [9.17, 15) is 13.2 Å². The quantitative estimate of drug-likeness (QED) is 0.687. The molecule has 0 aliphatic heterocycles. The molecule has 0 bridgehead atoms. The average Bonchev–Trinajstić information content (AvgIpc) is 2.30. The highest BCUT2D eigenvalue weighted by Crippen LogP contribution is 2.28. The molecule has 1 N–H and O–H groups in total. The first kappa shape index (κ1) is 16.8. The molecule has 114 valence electrons. The lowest BCUT2D eigenvalue weighted by molar-refractivity contribution is -0.135. The van der Waals surface area contributed by atoms with E-state index in [1.54, 1.807) is 0 Å². The predicted molar refractivity (Wildman–Crippen MR) is 73.2 cm³/mol. The maximum Gasteiger partial charge on any atom is 0.389 e. The molecule has 0 spiro atoms. The summed E-state index contributed by atoms with van der Waals surface area (Å²) >= 11 is 0. The first-order chi connectivity index (χ1) is 8.90. The Bertz CT molecular complexity index is 232. The molecule has 1 unspecified atom stereocenters. The zero-order valence-corrected chi connectivity index (χ0v) is 12.2. The molecule has 0 aromatic carbocycles. The Hall–Kier alpha value is -0.250. The van der Waals surface area contributed by atoms with E-state index >= 15 is 0 Å². The Balaban J connectivity index is 2.11. The minimum atomic E-state index is -4.00. The lowest BCUT2D eigenvalue weighted by atomic mass is 9.83. The zero-order valence-electron chi connectivity index (χ0n) is 12.2. The van der Waals surface area contributed by atoms with E-state index < -0.39 is 12.6 Å². The third kappa shape index (κ3) is 7.81. The monoisotopic (exact) mass is 279 g/mol. The highest BCUT2D eigenvalue weighted by molar-refractivity contribution is 4.79. The fourth-order valence-corrected chi connectivity index (χ4v) is 3.12. The number of nitrogens with one attached hydrogen (secondary N) is 1. The summed E-state index contributed by atoms with van der Waals surface area (Å²) in [4.78, 5) is 0. The Morgan fingerprint density at radius 2 is 1.79 bits per heavy atom. The Kier molecular flexibility index (Phi) is 7.19. The number of halogens is 3. The van der Waals surface area contributed by atoms with E-state index in [0.717, 1.165) is 5.92 Å². The summed E-state index contributed by atoms with van der Waals surface area (Å²) in [6, 6.07) is 0.726. The first-order valence-electron chi connectivity index (χ1n) is 7.73. The molecule has 19 heavy (non-hydrogen) atoms. The third-order valence-corrected chi connectivity index (χ3v) is 4.16. The Morgan fingerprint density at radius 3 is 2.32 bits per heavy atom. The molecule has 0 saturated heterocycles. The lowest BCUT2D eigenvalue weighted by Gasteiger charge is -2.31. The van der Waals surface area contributed by atoms with E-state index in [-0.39, 0.29) is 12.5 Å². The molecule has 0 radical (unpaired) electrons. The van der Waals surface area contributed by atoms with Crippen LogP contribution in [0, 0.1) is 5.92 Å². The summed E-state index contributed by atoms with van der Waals surface area (Å²) in [5.74, 6) is 0.878. The van der Waals surface area contributed by atoms with Gasteiger partial charge in [-0.2, -0.15) is 13.2 Å². The van der Waals surface area contributed by atoms with E-state index in [1.807, 2.05) is 6.92 Å². The average molecular weight is 279 g/mol. The largest absolute Gasteiger partial charge is 0.389 e. The van der Waals surface area contributed by atoms with Crippen molar-refractivity contribution in [2.45, 2.75) is 89.9 Å². The van der Waals surface area contributed by atoms with Crippen LogP contribution in [0.25, 0.3) is 0 Å². The van der Waals surface area contributed by atoms with Gasteiger partial charge < -0.3 is 5.32 Å². The van der Waals surface area contributed by atoms with Gasteiger partial charge in [0.1, 0.15) is 0 Å². The summed E-state index contributed by atoms with van der Waals surface area (Å²) in [5, 5.41) is 3.50. The second-order valence-electron chi connectivity index (χ2n) is 6.08. The van der Waals surface area contributed by atoms with Crippen molar-refractivity contribution in [1.82, 2.24) is 5.32 Å². The van der Waals surface area contributed by atoms with Gasteiger partial charge in [0.15, 0.2) is 0 Å². The summed E-state index contributed by atoms with van der Waals surface area (Å²) in [7, 11) is 0. The van der Waals surface area contributed by atoms with Crippen molar-refractivity contribution in [3.05, 3.63) is 0 Å². The fraction of sp³-hybridized carbons (Fsp3) is 1.00. The molecule has 1 rings (SSSR count). The van der Waals surface area contributed by atoms with Crippen molar-refractivity contribution in [1.29, 1.82) is 0 Å². The highest BCUT2D eigenvalue weighted by atomic mass is 19.4. The van der Waals surface area contributed by atoms with Crippen LogP contribution in [-0.4, -0.2) is 18.3 Å². The number of hydrogen-bond acceptors (Lipinski definition) is 1. The van der Waals surface area contributed by atoms with Crippen LogP contribution in [0.15, 0.2) is 0 Å². The van der Waals surface area contributed by atoms with Crippen molar-refractivity contribution in [2.75, 3.05) is 0 Å². The van der Waals surface area contributed by atoms with Crippen LogP contribution >= 0.6 is 0 Å². The van der Waals surface area contributed by atoms with Gasteiger partial charge in [0.05, 0.1) is 0 Å². The van der Waals surface area contributed by atoms with Crippen LogP contribution in [0.1, 0.15) is 71.6 Å². The van der Waals surface area contributed by atoms with Gasteiger partial charge in [0.2, 0.25) is 0 Å². The first-order valence-corrected chi connectivity index (χ1v) is 7.73. The maximum absolute atomic E-state index is 12.1. The van der Waals surface area contributed by atoms with Crippen LogP contribution in [-0.2, 0) is 0 Å². The van der Waals surface area contributed by atoms with Crippen molar-refractivity contribution in [2.24, 2.45) is 5.92 Å². The standard InChI is InChI=1S/C15H28F3N/c1-3-5-13-7-9-14(10-8-13)19-12(2)6-4-11-15(16,17)18/h12-14,19H,3-11H2,1-2H3. The second kappa shape index (κ2) is 8.13. The summed E-state index contributed by atoms with van der Waals surface area (Å²) in [6.45, 7) is 4.24.